The highest BCUT2D eigenvalue weighted by molar-refractivity contribution is 7.71. The minimum atomic E-state index is 0.108. The molecule has 2 heterocycles. The summed E-state index contributed by atoms with van der Waals surface area (Å²) in [7, 11) is 0. The number of hydrogen-bond donors (Lipinski definition) is 1. The van der Waals surface area contributed by atoms with Gasteiger partial charge in [-0.3, -0.25) is 0 Å². The number of aromatic nitrogens is 2. The molecule has 98 valence electrons. The number of nitrogens with one attached hydrogen (secondary N) is 1. The Labute approximate surface area is 118 Å². The van der Waals surface area contributed by atoms with E-state index in [0.29, 0.717) is 6.04 Å². The van der Waals surface area contributed by atoms with Crippen molar-refractivity contribution in [3.63, 3.8) is 0 Å². The minimum Gasteiger partial charge on any atom is -0.337 e. The second kappa shape index (κ2) is 5.02. The van der Waals surface area contributed by atoms with E-state index in [1.165, 1.54) is 10.6 Å². The summed E-state index contributed by atoms with van der Waals surface area (Å²) in [5.74, 6) is 0. The van der Waals surface area contributed by atoms with E-state index >= 15 is 0 Å². The number of imidazole rings is 1. The van der Waals surface area contributed by atoms with Crippen molar-refractivity contribution in [1.29, 1.82) is 0 Å². The molecule has 0 aliphatic heterocycles. The largest absolute Gasteiger partial charge is 0.337 e. The van der Waals surface area contributed by atoms with Crippen molar-refractivity contribution >= 4 is 23.6 Å². The summed E-state index contributed by atoms with van der Waals surface area (Å²) in [6.45, 7) is 8.90. The molecule has 1 atom stereocenters. The Morgan fingerprint density at radius 1 is 1.44 bits per heavy atom. The van der Waals surface area contributed by atoms with Crippen LogP contribution in [0.25, 0.3) is 0 Å². The fourth-order valence-electron chi connectivity index (χ4n) is 2.21. The molecule has 0 bridgehead atoms. The summed E-state index contributed by atoms with van der Waals surface area (Å²) < 4.78 is 3.08. The zero-order valence-corrected chi connectivity index (χ0v) is 13.0. The Morgan fingerprint density at radius 3 is 2.72 bits per heavy atom. The second-order valence-corrected chi connectivity index (χ2v) is 7.15. The molecule has 0 fully saturated rings. The molecule has 4 heteroatoms. The molecule has 0 aliphatic rings. The molecule has 0 radical (unpaired) electrons. The maximum atomic E-state index is 5.42. The highest BCUT2D eigenvalue weighted by atomic mass is 32.1. The maximum Gasteiger partial charge on any atom is 0.177 e. The molecule has 1 N–H and O–H groups in total. The lowest BCUT2D eigenvalue weighted by Gasteiger charge is -2.24. The monoisotopic (exact) mass is 280 g/mol. The summed E-state index contributed by atoms with van der Waals surface area (Å²) in [4.78, 5) is 4.59. The number of rotatable bonds is 3. The van der Waals surface area contributed by atoms with Crippen molar-refractivity contribution in [3.05, 3.63) is 39.1 Å². The number of H-pyrrole nitrogens is 1. The molecule has 1 unspecified atom stereocenters. The molecule has 0 aromatic carbocycles. The van der Waals surface area contributed by atoms with Crippen molar-refractivity contribution in [1.82, 2.24) is 9.55 Å². The molecule has 0 saturated heterocycles. The summed E-state index contributed by atoms with van der Waals surface area (Å²) in [6.07, 6.45) is 3.08. The first-order valence-corrected chi connectivity index (χ1v) is 7.51. The van der Waals surface area contributed by atoms with E-state index in [1.54, 1.807) is 0 Å². The van der Waals surface area contributed by atoms with E-state index in [4.69, 9.17) is 12.2 Å². The van der Waals surface area contributed by atoms with E-state index in [0.717, 1.165) is 11.2 Å². The van der Waals surface area contributed by atoms with Crippen LogP contribution >= 0.6 is 23.6 Å². The number of aromatic amines is 1. The van der Waals surface area contributed by atoms with E-state index in [-0.39, 0.29) is 5.41 Å². The van der Waals surface area contributed by atoms with Gasteiger partial charge in [0.25, 0.3) is 0 Å². The van der Waals surface area contributed by atoms with Crippen LogP contribution in [0.15, 0.2) is 23.7 Å². The van der Waals surface area contributed by atoms with Crippen LogP contribution < -0.4 is 0 Å². The molecule has 18 heavy (non-hydrogen) atoms. The fraction of sp³-hybridized carbons (Fsp3) is 0.500. The summed E-state index contributed by atoms with van der Waals surface area (Å²) in [5, 5.41) is 2.13. The predicted octanol–water partition coefficient (Wildman–Crippen LogP) is 4.71. The lowest BCUT2D eigenvalue weighted by atomic mass is 9.92. The van der Waals surface area contributed by atoms with Crippen LogP contribution in [0.4, 0.5) is 0 Å². The summed E-state index contributed by atoms with van der Waals surface area (Å²) in [6, 6.07) is 4.68. The normalized spacial score (nSPS) is 13.8. The molecular weight excluding hydrogens is 260 g/mol. The SMILES string of the molecule is CC(Cc1cccs1)n1c(C(C)(C)C)c[nH]c1=S. The molecular formula is C14H20N2S2. The molecule has 2 rings (SSSR count). The Kier molecular flexibility index (Phi) is 3.78. The Morgan fingerprint density at radius 2 is 2.17 bits per heavy atom. The Hall–Kier alpha value is -0.870. The van der Waals surface area contributed by atoms with Gasteiger partial charge in [0.2, 0.25) is 0 Å². The van der Waals surface area contributed by atoms with Crippen LogP contribution in [-0.4, -0.2) is 9.55 Å². The van der Waals surface area contributed by atoms with Gasteiger partial charge in [-0.15, -0.1) is 11.3 Å². The maximum absolute atomic E-state index is 5.42. The van der Waals surface area contributed by atoms with Gasteiger partial charge in [0.15, 0.2) is 4.77 Å². The van der Waals surface area contributed by atoms with Crippen LogP contribution in [0.5, 0.6) is 0 Å². The first-order chi connectivity index (χ1) is 8.39. The van der Waals surface area contributed by atoms with E-state index in [1.807, 2.05) is 17.5 Å². The van der Waals surface area contributed by atoms with Gasteiger partial charge in [-0.05, 0) is 30.6 Å². The highest BCUT2D eigenvalue weighted by Gasteiger charge is 2.22. The van der Waals surface area contributed by atoms with E-state index in [2.05, 4.69) is 54.8 Å². The molecule has 0 saturated carbocycles. The van der Waals surface area contributed by atoms with Gasteiger partial charge in [-0.25, -0.2) is 0 Å². The molecule has 0 spiro atoms. The van der Waals surface area contributed by atoms with Gasteiger partial charge in [-0.1, -0.05) is 26.8 Å². The average molecular weight is 280 g/mol. The Balaban J connectivity index is 2.33. The fourth-order valence-corrected chi connectivity index (χ4v) is 3.37. The van der Waals surface area contributed by atoms with Crippen molar-refractivity contribution < 1.29 is 0 Å². The third-order valence-corrected chi connectivity index (χ3v) is 4.31. The van der Waals surface area contributed by atoms with Crippen LogP contribution in [0, 0.1) is 4.77 Å². The Bertz CT molecular complexity index is 555. The third kappa shape index (κ3) is 2.75. The van der Waals surface area contributed by atoms with Gasteiger partial charge >= 0.3 is 0 Å². The molecule has 2 aromatic rings. The minimum absolute atomic E-state index is 0.108. The van der Waals surface area contributed by atoms with Crippen LogP contribution in [0.1, 0.15) is 44.3 Å². The third-order valence-electron chi connectivity index (χ3n) is 3.10. The van der Waals surface area contributed by atoms with Gasteiger partial charge in [0.05, 0.1) is 0 Å². The van der Waals surface area contributed by atoms with Gasteiger partial charge in [-0.2, -0.15) is 0 Å². The van der Waals surface area contributed by atoms with Gasteiger partial charge < -0.3 is 9.55 Å². The average Bonchev–Trinajstić information content (AvgIpc) is 2.85. The first-order valence-electron chi connectivity index (χ1n) is 6.22. The van der Waals surface area contributed by atoms with Crippen LogP contribution in [0.2, 0.25) is 0 Å². The highest BCUT2D eigenvalue weighted by Crippen LogP contribution is 2.27. The van der Waals surface area contributed by atoms with Gasteiger partial charge in [0, 0.05) is 34.6 Å². The van der Waals surface area contributed by atoms with E-state index < -0.39 is 0 Å². The first kappa shape index (κ1) is 13.6. The van der Waals surface area contributed by atoms with Crippen molar-refractivity contribution in [2.75, 3.05) is 0 Å². The molecule has 0 aliphatic carbocycles. The topological polar surface area (TPSA) is 20.7 Å². The predicted molar refractivity (Wildman–Crippen MR) is 81.1 cm³/mol. The number of nitrogens with zero attached hydrogens (tertiary/aromatic N) is 1. The van der Waals surface area contributed by atoms with E-state index in [9.17, 15) is 0 Å². The lowest BCUT2D eigenvalue weighted by molar-refractivity contribution is 0.460. The molecule has 2 aromatic heterocycles. The number of thiophene rings is 1. The summed E-state index contributed by atoms with van der Waals surface area (Å²) >= 11 is 7.23. The quantitative estimate of drug-likeness (QED) is 0.808. The molecule has 0 amide bonds. The van der Waals surface area contributed by atoms with Crippen molar-refractivity contribution in [2.45, 2.75) is 45.6 Å². The molecule has 2 nitrogen and oxygen atoms in total. The summed E-state index contributed by atoms with van der Waals surface area (Å²) in [5.41, 5.74) is 1.38. The number of hydrogen-bond acceptors (Lipinski definition) is 2. The van der Waals surface area contributed by atoms with Crippen molar-refractivity contribution in [3.8, 4) is 0 Å². The lowest BCUT2D eigenvalue weighted by Crippen LogP contribution is -2.20. The second-order valence-electron chi connectivity index (χ2n) is 5.73. The smallest absolute Gasteiger partial charge is 0.177 e. The standard InChI is InChI=1S/C14H20N2S2/c1-10(8-11-6-5-7-18-11)16-12(14(2,3)4)9-15-13(16)17/h5-7,9-10H,8H2,1-4H3,(H,15,17). The van der Waals surface area contributed by atoms with Crippen LogP contribution in [0.3, 0.4) is 0 Å². The zero-order valence-electron chi connectivity index (χ0n) is 11.4. The van der Waals surface area contributed by atoms with Crippen molar-refractivity contribution in [2.24, 2.45) is 0 Å². The van der Waals surface area contributed by atoms with Crippen LogP contribution in [-0.2, 0) is 11.8 Å². The zero-order chi connectivity index (χ0) is 13.3. The van der Waals surface area contributed by atoms with Gasteiger partial charge in [0.1, 0.15) is 0 Å².